The van der Waals surface area contributed by atoms with E-state index in [0.29, 0.717) is 23.3 Å². The molecule has 0 saturated heterocycles. The van der Waals surface area contributed by atoms with Crippen LogP contribution in [0, 0.1) is 18.8 Å². The molecule has 1 saturated carbocycles. The predicted octanol–water partition coefficient (Wildman–Crippen LogP) is 2.77. The highest BCUT2D eigenvalue weighted by Gasteiger charge is 2.26. The van der Waals surface area contributed by atoms with Gasteiger partial charge in [-0.25, -0.2) is 0 Å². The summed E-state index contributed by atoms with van der Waals surface area (Å²) < 4.78 is 0. The number of halogens is 1. The molecule has 4 heteroatoms. The van der Waals surface area contributed by atoms with Crippen LogP contribution < -0.4 is 5.32 Å². The van der Waals surface area contributed by atoms with Crippen LogP contribution in [0.3, 0.4) is 0 Å². The van der Waals surface area contributed by atoms with Crippen molar-refractivity contribution in [2.75, 3.05) is 12.4 Å². The highest BCUT2D eigenvalue weighted by atomic mass is 35.5. The number of carbonyl (C=O) groups is 1. The summed E-state index contributed by atoms with van der Waals surface area (Å²) in [6.45, 7) is 2.63. The highest BCUT2D eigenvalue weighted by Crippen LogP contribution is 2.31. The number of alkyl halides is 1. The van der Waals surface area contributed by atoms with E-state index in [4.69, 9.17) is 11.6 Å². The van der Waals surface area contributed by atoms with Crippen LogP contribution in [0.25, 0.3) is 0 Å². The standard InChI is InChI=1S/C14H19ClN2O/c1-10-5-6-13(9-16-10)14(18)17-8-12-4-2-3-11(12)7-15/h5-6,9,11-12H,2-4,7-8H2,1H3,(H,17,18). The SMILES string of the molecule is Cc1ccc(C(=O)NCC2CCCC2CCl)cn1. The number of carbonyl (C=O) groups excluding carboxylic acids is 1. The Morgan fingerprint density at radius 1 is 1.44 bits per heavy atom. The number of pyridine rings is 1. The average molecular weight is 267 g/mol. The number of rotatable bonds is 4. The fourth-order valence-electron chi connectivity index (χ4n) is 2.51. The molecule has 0 radical (unpaired) electrons. The number of nitrogens with zero attached hydrogens (tertiary/aromatic N) is 1. The van der Waals surface area contributed by atoms with Crippen LogP contribution in [0.1, 0.15) is 35.3 Å². The Kier molecular flexibility index (Phi) is 4.59. The molecular formula is C14H19ClN2O. The molecule has 0 aromatic carbocycles. The number of aromatic nitrogens is 1. The Hall–Kier alpha value is -1.09. The summed E-state index contributed by atoms with van der Waals surface area (Å²) in [5, 5.41) is 2.99. The molecule has 1 amide bonds. The van der Waals surface area contributed by atoms with E-state index in [2.05, 4.69) is 10.3 Å². The second-order valence-corrected chi connectivity index (χ2v) is 5.31. The summed E-state index contributed by atoms with van der Waals surface area (Å²) in [6, 6.07) is 3.66. The number of hydrogen-bond acceptors (Lipinski definition) is 2. The summed E-state index contributed by atoms with van der Waals surface area (Å²) in [6.07, 6.45) is 5.21. The second-order valence-electron chi connectivity index (χ2n) is 5.00. The minimum absolute atomic E-state index is 0.0391. The van der Waals surface area contributed by atoms with Crippen molar-refractivity contribution in [1.29, 1.82) is 0 Å². The minimum atomic E-state index is -0.0391. The lowest BCUT2D eigenvalue weighted by Gasteiger charge is -2.17. The van der Waals surface area contributed by atoms with Gasteiger partial charge in [0.25, 0.3) is 5.91 Å². The van der Waals surface area contributed by atoms with Crippen molar-refractivity contribution in [3.63, 3.8) is 0 Å². The van der Waals surface area contributed by atoms with Crippen molar-refractivity contribution in [3.8, 4) is 0 Å². The zero-order chi connectivity index (χ0) is 13.0. The summed E-state index contributed by atoms with van der Waals surface area (Å²) in [5.74, 6) is 1.75. The van der Waals surface area contributed by atoms with Gasteiger partial charge in [-0.15, -0.1) is 11.6 Å². The topological polar surface area (TPSA) is 42.0 Å². The molecule has 2 rings (SSSR count). The fourth-order valence-corrected chi connectivity index (χ4v) is 2.92. The Labute approximate surface area is 113 Å². The van der Waals surface area contributed by atoms with Gasteiger partial charge in [0.2, 0.25) is 0 Å². The van der Waals surface area contributed by atoms with Gasteiger partial charge in [0.15, 0.2) is 0 Å². The monoisotopic (exact) mass is 266 g/mol. The van der Waals surface area contributed by atoms with Gasteiger partial charge in [0.1, 0.15) is 0 Å². The largest absolute Gasteiger partial charge is 0.352 e. The first-order chi connectivity index (χ1) is 8.70. The summed E-state index contributed by atoms with van der Waals surface area (Å²) in [7, 11) is 0. The smallest absolute Gasteiger partial charge is 0.252 e. The summed E-state index contributed by atoms with van der Waals surface area (Å²) in [5.41, 5.74) is 1.55. The molecule has 1 fully saturated rings. The quantitative estimate of drug-likeness (QED) is 0.852. The Morgan fingerprint density at radius 2 is 2.22 bits per heavy atom. The van der Waals surface area contributed by atoms with Crippen LogP contribution in [-0.4, -0.2) is 23.3 Å². The van der Waals surface area contributed by atoms with E-state index in [1.807, 2.05) is 19.1 Å². The van der Waals surface area contributed by atoms with E-state index < -0.39 is 0 Å². The number of aryl methyl sites for hydroxylation is 1. The summed E-state index contributed by atoms with van der Waals surface area (Å²) >= 11 is 5.93. The predicted molar refractivity (Wildman–Crippen MR) is 72.9 cm³/mol. The van der Waals surface area contributed by atoms with E-state index in [1.165, 1.54) is 19.3 Å². The number of amides is 1. The summed E-state index contributed by atoms with van der Waals surface area (Å²) in [4.78, 5) is 16.1. The molecule has 1 N–H and O–H groups in total. The van der Waals surface area contributed by atoms with Gasteiger partial charge in [-0.1, -0.05) is 6.42 Å². The first-order valence-corrected chi connectivity index (χ1v) is 7.01. The molecular weight excluding hydrogens is 248 g/mol. The molecule has 1 aromatic rings. The van der Waals surface area contributed by atoms with E-state index >= 15 is 0 Å². The molecule has 98 valence electrons. The Balaban J connectivity index is 1.86. The number of hydrogen-bond donors (Lipinski definition) is 1. The fraction of sp³-hybridized carbons (Fsp3) is 0.571. The van der Waals surface area contributed by atoms with E-state index in [1.54, 1.807) is 6.20 Å². The molecule has 0 aliphatic heterocycles. The molecule has 0 spiro atoms. The first-order valence-electron chi connectivity index (χ1n) is 6.47. The van der Waals surface area contributed by atoms with Gasteiger partial charge < -0.3 is 5.32 Å². The lowest BCUT2D eigenvalue weighted by Crippen LogP contribution is -2.31. The highest BCUT2D eigenvalue weighted by molar-refractivity contribution is 6.18. The van der Waals surface area contributed by atoms with E-state index in [-0.39, 0.29) is 5.91 Å². The van der Waals surface area contributed by atoms with Gasteiger partial charge >= 0.3 is 0 Å². The lowest BCUT2D eigenvalue weighted by atomic mass is 9.98. The van der Waals surface area contributed by atoms with Gasteiger partial charge in [0, 0.05) is 24.3 Å². The van der Waals surface area contributed by atoms with Crippen molar-refractivity contribution in [3.05, 3.63) is 29.6 Å². The number of nitrogens with one attached hydrogen (secondary N) is 1. The Bertz CT molecular complexity index is 405. The van der Waals surface area contributed by atoms with Crippen molar-refractivity contribution in [2.45, 2.75) is 26.2 Å². The van der Waals surface area contributed by atoms with Crippen LogP contribution >= 0.6 is 11.6 Å². The Morgan fingerprint density at radius 3 is 2.89 bits per heavy atom. The molecule has 1 aromatic heterocycles. The van der Waals surface area contributed by atoms with Crippen molar-refractivity contribution < 1.29 is 4.79 Å². The third-order valence-corrected chi connectivity index (χ3v) is 4.11. The van der Waals surface area contributed by atoms with Crippen LogP contribution in [0.4, 0.5) is 0 Å². The van der Waals surface area contributed by atoms with Crippen LogP contribution in [0.5, 0.6) is 0 Å². The lowest BCUT2D eigenvalue weighted by molar-refractivity contribution is 0.0944. The van der Waals surface area contributed by atoms with Gasteiger partial charge in [0.05, 0.1) is 5.56 Å². The van der Waals surface area contributed by atoms with Crippen molar-refractivity contribution in [1.82, 2.24) is 10.3 Å². The van der Waals surface area contributed by atoms with Crippen molar-refractivity contribution >= 4 is 17.5 Å². The molecule has 18 heavy (non-hydrogen) atoms. The first kappa shape index (κ1) is 13.3. The maximum absolute atomic E-state index is 11.9. The second kappa shape index (κ2) is 6.19. The minimum Gasteiger partial charge on any atom is -0.352 e. The molecule has 3 nitrogen and oxygen atoms in total. The van der Waals surface area contributed by atoms with Crippen LogP contribution in [0.2, 0.25) is 0 Å². The zero-order valence-corrected chi connectivity index (χ0v) is 11.4. The maximum atomic E-state index is 11.9. The third kappa shape index (κ3) is 3.22. The molecule has 0 bridgehead atoms. The average Bonchev–Trinajstić information content (AvgIpc) is 2.84. The maximum Gasteiger partial charge on any atom is 0.252 e. The zero-order valence-electron chi connectivity index (χ0n) is 10.7. The molecule has 1 aliphatic carbocycles. The molecule has 1 heterocycles. The molecule has 2 unspecified atom stereocenters. The van der Waals surface area contributed by atoms with Gasteiger partial charge in [-0.2, -0.15) is 0 Å². The van der Waals surface area contributed by atoms with Gasteiger partial charge in [-0.05, 0) is 43.7 Å². The van der Waals surface area contributed by atoms with Crippen LogP contribution in [-0.2, 0) is 0 Å². The van der Waals surface area contributed by atoms with Crippen LogP contribution in [0.15, 0.2) is 18.3 Å². The van der Waals surface area contributed by atoms with Gasteiger partial charge in [-0.3, -0.25) is 9.78 Å². The van der Waals surface area contributed by atoms with E-state index in [0.717, 1.165) is 12.2 Å². The van der Waals surface area contributed by atoms with Crippen molar-refractivity contribution in [2.24, 2.45) is 11.8 Å². The molecule has 2 atom stereocenters. The molecule has 1 aliphatic rings. The third-order valence-electron chi connectivity index (χ3n) is 3.71. The van der Waals surface area contributed by atoms with E-state index in [9.17, 15) is 4.79 Å². The normalized spacial score (nSPS) is 23.0.